The number of pyridine rings is 1. The molecule has 0 bridgehead atoms. The highest BCUT2D eigenvalue weighted by Crippen LogP contribution is 2.22. The largest absolute Gasteiger partial charge is 0.466 e. The van der Waals surface area contributed by atoms with Crippen LogP contribution >= 0.6 is 0 Å². The third-order valence-electron chi connectivity index (χ3n) is 4.37. The van der Waals surface area contributed by atoms with E-state index in [1.54, 1.807) is 13.1 Å². The molecule has 0 unspecified atom stereocenters. The zero-order valence-corrected chi connectivity index (χ0v) is 15.9. The van der Waals surface area contributed by atoms with Gasteiger partial charge in [0.05, 0.1) is 13.0 Å². The zero-order chi connectivity index (χ0) is 19.1. The number of esters is 1. The Balaban J connectivity index is 1.79. The van der Waals surface area contributed by atoms with Gasteiger partial charge in [-0.05, 0) is 26.1 Å². The number of aromatic nitrogens is 3. The number of rotatable bonds is 7. The molecule has 3 rings (SSSR count). The third kappa shape index (κ3) is 5.37. The number of anilines is 2. The first kappa shape index (κ1) is 19.0. The Hall–Kier alpha value is -2.74. The summed E-state index contributed by atoms with van der Waals surface area (Å²) in [6.45, 7) is 6.47. The first-order chi connectivity index (χ1) is 13.2. The fourth-order valence-corrected chi connectivity index (χ4v) is 2.86. The van der Waals surface area contributed by atoms with Crippen LogP contribution < -0.4 is 10.2 Å². The van der Waals surface area contributed by atoms with Crippen LogP contribution in [0.5, 0.6) is 0 Å². The quantitative estimate of drug-likeness (QED) is 0.737. The lowest BCUT2D eigenvalue weighted by Crippen LogP contribution is -2.44. The summed E-state index contributed by atoms with van der Waals surface area (Å²) in [6.07, 6.45) is 2.02. The molecule has 1 saturated heterocycles. The molecule has 3 heterocycles. The molecule has 1 fully saturated rings. The van der Waals surface area contributed by atoms with E-state index in [1.807, 2.05) is 24.3 Å². The number of carbonyl (C=O) groups is 1. The fraction of sp³-hybridized carbons (Fsp3) is 0.474. The molecule has 1 N–H and O–H groups in total. The van der Waals surface area contributed by atoms with E-state index in [9.17, 15) is 4.79 Å². The molecule has 1 aliphatic heterocycles. The zero-order valence-electron chi connectivity index (χ0n) is 15.9. The van der Waals surface area contributed by atoms with Crippen LogP contribution in [0.4, 0.5) is 11.6 Å². The van der Waals surface area contributed by atoms with Crippen LogP contribution in [0.3, 0.4) is 0 Å². The lowest BCUT2D eigenvalue weighted by Gasteiger charge is -2.33. The van der Waals surface area contributed by atoms with Gasteiger partial charge in [0.15, 0.2) is 5.82 Å². The van der Waals surface area contributed by atoms with Crippen molar-refractivity contribution in [3.63, 3.8) is 0 Å². The number of likely N-dealkylation sites (N-methyl/N-ethyl adjacent to an activating group) is 1. The van der Waals surface area contributed by atoms with E-state index in [1.165, 1.54) is 0 Å². The van der Waals surface area contributed by atoms with Crippen molar-refractivity contribution >= 4 is 17.6 Å². The number of ether oxygens (including phenoxy) is 1. The topological polar surface area (TPSA) is 83.5 Å². The summed E-state index contributed by atoms with van der Waals surface area (Å²) in [5.74, 6) is 1.91. The maximum Gasteiger partial charge on any atom is 0.307 e. The molecule has 0 spiro atoms. The Morgan fingerprint density at radius 3 is 2.74 bits per heavy atom. The van der Waals surface area contributed by atoms with E-state index in [0.29, 0.717) is 31.2 Å². The number of nitrogens with zero attached hydrogens (tertiary/aromatic N) is 5. The number of carbonyl (C=O) groups excluding carboxylic acids is 1. The van der Waals surface area contributed by atoms with Crippen LogP contribution in [0.1, 0.15) is 13.3 Å². The van der Waals surface area contributed by atoms with Crippen molar-refractivity contribution in [3.05, 3.63) is 30.5 Å². The van der Waals surface area contributed by atoms with Gasteiger partial charge >= 0.3 is 5.97 Å². The maximum absolute atomic E-state index is 11.5. The highest BCUT2D eigenvalue weighted by Gasteiger charge is 2.18. The smallest absolute Gasteiger partial charge is 0.307 e. The maximum atomic E-state index is 11.5. The van der Waals surface area contributed by atoms with E-state index in [-0.39, 0.29) is 5.97 Å². The molecule has 0 aromatic carbocycles. The summed E-state index contributed by atoms with van der Waals surface area (Å²) in [7, 11) is 2.12. The van der Waals surface area contributed by atoms with Crippen LogP contribution in [0.15, 0.2) is 30.5 Å². The van der Waals surface area contributed by atoms with Gasteiger partial charge in [0.1, 0.15) is 17.3 Å². The molecule has 0 saturated carbocycles. The van der Waals surface area contributed by atoms with E-state index >= 15 is 0 Å². The van der Waals surface area contributed by atoms with Gasteiger partial charge in [0.2, 0.25) is 0 Å². The minimum Gasteiger partial charge on any atom is -0.466 e. The van der Waals surface area contributed by atoms with Crippen molar-refractivity contribution in [2.75, 3.05) is 56.6 Å². The minimum absolute atomic E-state index is 0.219. The predicted octanol–water partition coefficient (Wildman–Crippen LogP) is 1.66. The molecule has 27 heavy (non-hydrogen) atoms. The summed E-state index contributed by atoms with van der Waals surface area (Å²) in [5.41, 5.74) is 0.724. The Morgan fingerprint density at radius 1 is 1.22 bits per heavy atom. The Bertz CT molecular complexity index is 747. The molecular formula is C19H26N6O2. The first-order valence-electron chi connectivity index (χ1n) is 9.29. The second-order valence-corrected chi connectivity index (χ2v) is 6.42. The van der Waals surface area contributed by atoms with Crippen LogP contribution in [0, 0.1) is 0 Å². The van der Waals surface area contributed by atoms with E-state index in [4.69, 9.17) is 9.72 Å². The van der Waals surface area contributed by atoms with Crippen molar-refractivity contribution in [3.8, 4) is 11.5 Å². The van der Waals surface area contributed by atoms with Crippen molar-refractivity contribution in [1.82, 2.24) is 19.9 Å². The molecule has 2 aromatic rings. The Kier molecular flexibility index (Phi) is 6.54. The number of hydrogen-bond acceptors (Lipinski definition) is 8. The van der Waals surface area contributed by atoms with Crippen molar-refractivity contribution in [1.29, 1.82) is 0 Å². The highest BCUT2D eigenvalue weighted by molar-refractivity contribution is 5.70. The van der Waals surface area contributed by atoms with E-state index in [2.05, 4.69) is 32.1 Å². The molecule has 2 aromatic heterocycles. The van der Waals surface area contributed by atoms with Crippen LogP contribution in [0.25, 0.3) is 11.5 Å². The first-order valence-corrected chi connectivity index (χ1v) is 9.29. The average molecular weight is 370 g/mol. The van der Waals surface area contributed by atoms with Crippen LogP contribution in [-0.4, -0.2) is 72.2 Å². The van der Waals surface area contributed by atoms with Gasteiger partial charge < -0.3 is 19.9 Å². The summed E-state index contributed by atoms with van der Waals surface area (Å²) in [5, 5.41) is 3.22. The molecule has 8 heteroatoms. The molecule has 0 amide bonds. The fourth-order valence-electron chi connectivity index (χ4n) is 2.86. The monoisotopic (exact) mass is 370 g/mol. The average Bonchev–Trinajstić information content (AvgIpc) is 2.69. The van der Waals surface area contributed by atoms with Crippen molar-refractivity contribution < 1.29 is 9.53 Å². The summed E-state index contributed by atoms with van der Waals surface area (Å²) in [6, 6.07) is 7.61. The highest BCUT2D eigenvalue weighted by atomic mass is 16.5. The standard InChI is InChI=1S/C19H26N6O2/c1-3-27-18(26)7-9-21-16-14-17(25-12-10-24(2)11-13-25)23-19(22-16)15-6-4-5-8-20-15/h4-6,8,14H,3,7,9-13H2,1-2H3,(H,21,22,23). The van der Waals surface area contributed by atoms with Gasteiger partial charge in [-0.2, -0.15) is 0 Å². The normalized spacial score (nSPS) is 14.8. The summed E-state index contributed by atoms with van der Waals surface area (Å²) < 4.78 is 4.97. The second kappa shape index (κ2) is 9.27. The van der Waals surface area contributed by atoms with E-state index in [0.717, 1.165) is 37.7 Å². The summed E-state index contributed by atoms with van der Waals surface area (Å²) >= 11 is 0. The molecule has 1 aliphatic rings. The Morgan fingerprint density at radius 2 is 2.04 bits per heavy atom. The summed E-state index contributed by atoms with van der Waals surface area (Å²) in [4.78, 5) is 29.8. The van der Waals surface area contributed by atoms with Crippen molar-refractivity contribution in [2.24, 2.45) is 0 Å². The van der Waals surface area contributed by atoms with Gasteiger partial charge in [0, 0.05) is 45.0 Å². The number of hydrogen-bond donors (Lipinski definition) is 1. The molecule has 8 nitrogen and oxygen atoms in total. The van der Waals surface area contributed by atoms with Gasteiger partial charge in [0.25, 0.3) is 0 Å². The van der Waals surface area contributed by atoms with Crippen LogP contribution in [-0.2, 0) is 9.53 Å². The molecule has 0 aliphatic carbocycles. The lowest BCUT2D eigenvalue weighted by molar-refractivity contribution is -0.142. The predicted molar refractivity (Wildman–Crippen MR) is 105 cm³/mol. The van der Waals surface area contributed by atoms with Crippen molar-refractivity contribution in [2.45, 2.75) is 13.3 Å². The van der Waals surface area contributed by atoms with Gasteiger partial charge in [-0.1, -0.05) is 6.07 Å². The number of piperazine rings is 1. The van der Waals surface area contributed by atoms with Crippen LogP contribution in [0.2, 0.25) is 0 Å². The number of nitrogens with one attached hydrogen (secondary N) is 1. The van der Waals surface area contributed by atoms with Gasteiger partial charge in [-0.25, -0.2) is 9.97 Å². The molecule has 144 valence electrons. The molecule has 0 radical (unpaired) electrons. The minimum atomic E-state index is -0.219. The molecular weight excluding hydrogens is 344 g/mol. The lowest BCUT2D eigenvalue weighted by atomic mass is 10.3. The van der Waals surface area contributed by atoms with Gasteiger partial charge in [-0.15, -0.1) is 0 Å². The molecule has 0 atom stereocenters. The SMILES string of the molecule is CCOC(=O)CCNc1cc(N2CCN(C)CC2)nc(-c2ccccn2)n1. The Labute approximate surface area is 159 Å². The van der Waals surface area contributed by atoms with Gasteiger partial charge in [-0.3, -0.25) is 9.78 Å². The third-order valence-corrected chi connectivity index (χ3v) is 4.37. The van der Waals surface area contributed by atoms with E-state index < -0.39 is 0 Å². The second-order valence-electron chi connectivity index (χ2n) is 6.42.